The lowest BCUT2D eigenvalue weighted by Gasteiger charge is -2.48. The van der Waals surface area contributed by atoms with E-state index in [1.54, 1.807) is 0 Å². The van der Waals surface area contributed by atoms with E-state index in [9.17, 15) is 38.7 Å². The number of methoxy groups -OCH3 is 1. The van der Waals surface area contributed by atoms with E-state index in [2.05, 4.69) is 10.6 Å². The third-order valence-corrected chi connectivity index (χ3v) is 8.30. The van der Waals surface area contributed by atoms with E-state index in [4.69, 9.17) is 16.2 Å². The molecule has 0 aromatic carbocycles. The SMILES string of the molecule is COC12CCN(C(=O)[C@H](C)NC(=O)[C@H](C)N)[C@@]1(C(=O)NC(C(C)C)C(O)C(F)(F)CNC(=O)C(C)C(N)=O)C(=O)CCC2=O. The Bertz CT molecular complexity index is 1200. The van der Waals surface area contributed by atoms with Gasteiger partial charge < -0.3 is 42.2 Å². The number of nitrogens with zero attached hydrogens (tertiary/aromatic N) is 1. The van der Waals surface area contributed by atoms with Gasteiger partial charge in [0, 0.05) is 32.9 Å². The third-order valence-electron chi connectivity index (χ3n) is 8.30. The minimum Gasteiger partial charge on any atom is -0.385 e. The van der Waals surface area contributed by atoms with Crippen molar-refractivity contribution in [3.05, 3.63) is 0 Å². The Balaban J connectivity index is 2.53. The number of amides is 5. The average molecular weight is 633 g/mol. The van der Waals surface area contributed by atoms with Crippen LogP contribution in [0.3, 0.4) is 0 Å². The van der Waals surface area contributed by atoms with E-state index in [1.165, 1.54) is 27.7 Å². The molecule has 7 atom stereocenters. The van der Waals surface area contributed by atoms with E-state index < -0.39 is 107 Å². The summed E-state index contributed by atoms with van der Waals surface area (Å²) in [5.41, 5.74) is 5.75. The van der Waals surface area contributed by atoms with Crippen molar-refractivity contribution in [3.8, 4) is 0 Å². The molecular formula is C27H42F2N6O9. The third kappa shape index (κ3) is 6.44. The summed E-state index contributed by atoms with van der Waals surface area (Å²) in [7, 11) is 1.08. The van der Waals surface area contributed by atoms with Gasteiger partial charge in [0.1, 0.15) is 18.1 Å². The number of fused-ring (bicyclic) bond motifs is 1. The number of nitrogens with one attached hydrogen (secondary N) is 3. The quantitative estimate of drug-likeness (QED) is 0.117. The first-order valence-electron chi connectivity index (χ1n) is 14.2. The molecule has 4 unspecified atom stereocenters. The Labute approximate surface area is 253 Å². The lowest BCUT2D eigenvalue weighted by atomic mass is 9.66. The molecule has 248 valence electrons. The largest absolute Gasteiger partial charge is 0.385 e. The number of Topliss-reactive ketones (excluding diaryl/α,β-unsaturated/α-hetero) is 2. The van der Waals surface area contributed by atoms with E-state index >= 15 is 8.78 Å². The van der Waals surface area contributed by atoms with Crippen molar-refractivity contribution in [2.75, 3.05) is 20.2 Å². The summed E-state index contributed by atoms with van der Waals surface area (Å²) in [6.45, 7) is 4.75. The number of rotatable bonds is 13. The van der Waals surface area contributed by atoms with E-state index in [1.807, 2.05) is 5.32 Å². The molecule has 5 amide bonds. The van der Waals surface area contributed by atoms with Crippen LogP contribution in [0.15, 0.2) is 0 Å². The molecule has 1 saturated carbocycles. The predicted octanol–water partition coefficient (Wildman–Crippen LogP) is -2.50. The molecule has 1 heterocycles. The van der Waals surface area contributed by atoms with Crippen LogP contribution < -0.4 is 27.4 Å². The Morgan fingerprint density at radius 2 is 1.59 bits per heavy atom. The Morgan fingerprint density at radius 3 is 2.09 bits per heavy atom. The van der Waals surface area contributed by atoms with Crippen molar-refractivity contribution in [1.29, 1.82) is 0 Å². The molecule has 0 radical (unpaired) electrons. The summed E-state index contributed by atoms with van der Waals surface area (Å²) in [5.74, 6) is -13.2. The fourth-order valence-electron chi connectivity index (χ4n) is 5.60. The maximum Gasteiger partial charge on any atom is 0.292 e. The number of nitrogens with two attached hydrogens (primary N) is 2. The predicted molar refractivity (Wildman–Crippen MR) is 148 cm³/mol. The van der Waals surface area contributed by atoms with Gasteiger partial charge in [-0.25, -0.2) is 8.78 Å². The fourth-order valence-corrected chi connectivity index (χ4v) is 5.60. The lowest BCUT2D eigenvalue weighted by molar-refractivity contribution is -0.181. The first-order chi connectivity index (χ1) is 20.2. The maximum atomic E-state index is 15.2. The van der Waals surface area contributed by atoms with E-state index in [0.717, 1.165) is 18.9 Å². The van der Waals surface area contributed by atoms with Crippen LogP contribution in [0.2, 0.25) is 0 Å². The highest BCUT2D eigenvalue weighted by Gasteiger charge is 2.75. The molecule has 0 aromatic rings. The monoisotopic (exact) mass is 632 g/mol. The highest BCUT2D eigenvalue weighted by molar-refractivity contribution is 6.22. The van der Waals surface area contributed by atoms with Crippen molar-refractivity contribution >= 4 is 41.1 Å². The molecule has 2 aliphatic rings. The molecule has 1 aliphatic heterocycles. The average Bonchev–Trinajstić information content (AvgIpc) is 3.33. The summed E-state index contributed by atoms with van der Waals surface area (Å²) in [6, 6.07) is -4.11. The number of likely N-dealkylation sites (tertiary alicyclic amines) is 1. The van der Waals surface area contributed by atoms with Gasteiger partial charge in [-0.1, -0.05) is 13.8 Å². The highest BCUT2D eigenvalue weighted by Crippen LogP contribution is 2.48. The second kappa shape index (κ2) is 13.6. The molecule has 0 bridgehead atoms. The van der Waals surface area contributed by atoms with Crippen molar-refractivity contribution in [2.24, 2.45) is 23.3 Å². The summed E-state index contributed by atoms with van der Waals surface area (Å²) in [4.78, 5) is 91.2. The Kier molecular flexibility index (Phi) is 11.3. The zero-order chi connectivity index (χ0) is 33.9. The number of alkyl halides is 2. The van der Waals surface area contributed by atoms with Crippen LogP contribution in [0.4, 0.5) is 8.78 Å². The first kappa shape index (κ1) is 36.6. The van der Waals surface area contributed by atoms with Crippen molar-refractivity contribution < 1.29 is 52.2 Å². The zero-order valence-corrected chi connectivity index (χ0v) is 25.6. The molecule has 0 aromatic heterocycles. The lowest BCUT2D eigenvalue weighted by Crippen LogP contribution is -2.78. The molecule has 44 heavy (non-hydrogen) atoms. The molecule has 0 spiro atoms. The standard InChI is InChI=1S/C27H42F2N6O9/c1-12(2)18(19(38)26(28,29)11-32-21(40)13(3)20(31)39)34-24(43)27-17(37)8-7-16(36)25(27,44-6)9-10-35(27)23(42)15(5)33-22(41)14(4)30/h12-15,18-19,38H,7-11,30H2,1-6H3,(H2,31,39)(H,32,40)(H,33,41)(H,34,43)/t13?,14-,15-,18?,19?,25?,27+/m0/s1. The molecule has 8 N–H and O–H groups in total. The minimum atomic E-state index is -4.08. The van der Waals surface area contributed by atoms with Gasteiger partial charge in [-0.3, -0.25) is 33.6 Å². The molecule has 1 saturated heterocycles. The molecule has 2 fully saturated rings. The van der Waals surface area contributed by atoms with Gasteiger partial charge in [-0.2, -0.15) is 0 Å². The summed E-state index contributed by atoms with van der Waals surface area (Å²) in [5, 5.41) is 17.3. The number of primary amides is 1. The van der Waals surface area contributed by atoms with Crippen LogP contribution in [0.25, 0.3) is 0 Å². The number of aliphatic hydroxyl groups excluding tert-OH is 1. The summed E-state index contributed by atoms with van der Waals surface area (Å²) < 4.78 is 35.9. The van der Waals surface area contributed by atoms with Gasteiger partial charge >= 0.3 is 0 Å². The van der Waals surface area contributed by atoms with E-state index in [0.29, 0.717) is 0 Å². The van der Waals surface area contributed by atoms with Crippen LogP contribution >= 0.6 is 0 Å². The number of ketones is 2. The maximum absolute atomic E-state index is 15.2. The van der Waals surface area contributed by atoms with Crippen LogP contribution in [0, 0.1) is 11.8 Å². The number of aliphatic hydroxyl groups is 1. The number of hydrogen-bond donors (Lipinski definition) is 6. The number of carbonyl (C=O) groups is 7. The van der Waals surface area contributed by atoms with Gasteiger partial charge in [0.05, 0.1) is 18.6 Å². The fraction of sp³-hybridized carbons (Fsp3) is 0.741. The van der Waals surface area contributed by atoms with E-state index in [-0.39, 0.29) is 19.4 Å². The van der Waals surface area contributed by atoms with Crippen molar-refractivity contribution in [2.45, 2.75) is 95.2 Å². The molecule has 15 nitrogen and oxygen atoms in total. The van der Waals surface area contributed by atoms with Crippen LogP contribution in [0.1, 0.15) is 53.9 Å². The molecule has 2 rings (SSSR count). The number of hydrogen-bond acceptors (Lipinski definition) is 10. The van der Waals surface area contributed by atoms with Crippen LogP contribution in [0.5, 0.6) is 0 Å². The van der Waals surface area contributed by atoms with Gasteiger partial charge in [0.25, 0.3) is 11.8 Å². The van der Waals surface area contributed by atoms with Gasteiger partial charge in [0.15, 0.2) is 17.2 Å². The number of carbonyl (C=O) groups excluding carboxylic acids is 7. The highest BCUT2D eigenvalue weighted by atomic mass is 19.3. The second-order valence-corrected chi connectivity index (χ2v) is 11.6. The normalized spacial score (nSPS) is 25.4. The summed E-state index contributed by atoms with van der Waals surface area (Å²) in [6.07, 6.45) is -3.74. The van der Waals surface area contributed by atoms with Gasteiger partial charge in [-0.05, 0) is 26.7 Å². The minimum absolute atomic E-state index is 0.295. The number of halogens is 2. The van der Waals surface area contributed by atoms with Crippen LogP contribution in [-0.4, -0.2) is 113 Å². The first-order valence-corrected chi connectivity index (χ1v) is 14.2. The van der Waals surface area contributed by atoms with Gasteiger partial charge in [0.2, 0.25) is 29.2 Å². The second-order valence-electron chi connectivity index (χ2n) is 11.6. The molecule has 1 aliphatic carbocycles. The zero-order valence-electron chi connectivity index (χ0n) is 25.6. The summed E-state index contributed by atoms with van der Waals surface area (Å²) >= 11 is 0. The molecule has 17 heteroatoms. The Hall–Kier alpha value is -3.57. The molecular weight excluding hydrogens is 590 g/mol. The number of ether oxygens (including phenoxy) is 1. The van der Waals surface area contributed by atoms with Crippen molar-refractivity contribution in [1.82, 2.24) is 20.9 Å². The smallest absolute Gasteiger partial charge is 0.292 e. The topological polar surface area (TPSA) is 240 Å². The van der Waals surface area contributed by atoms with Crippen molar-refractivity contribution in [3.63, 3.8) is 0 Å². The van der Waals surface area contributed by atoms with Gasteiger partial charge in [-0.15, -0.1) is 0 Å². The van der Waals surface area contributed by atoms with Crippen LogP contribution in [-0.2, 0) is 38.3 Å². The Morgan fingerprint density at radius 1 is 1.02 bits per heavy atom.